The van der Waals surface area contributed by atoms with Crippen LogP contribution in [0.1, 0.15) is 5.56 Å². The zero-order valence-corrected chi connectivity index (χ0v) is 14.8. The van der Waals surface area contributed by atoms with Crippen molar-refractivity contribution in [3.05, 3.63) is 53.4 Å². The van der Waals surface area contributed by atoms with Crippen LogP contribution in [0.25, 0.3) is 21.5 Å². The normalized spacial score (nSPS) is 10.6. The number of methoxy groups -OCH3 is 1. The van der Waals surface area contributed by atoms with Gasteiger partial charge in [-0.2, -0.15) is 5.26 Å². The summed E-state index contributed by atoms with van der Waals surface area (Å²) in [6.07, 6.45) is 0. The molecule has 7 heteroatoms. The van der Waals surface area contributed by atoms with Crippen LogP contribution in [0.3, 0.4) is 0 Å². The van der Waals surface area contributed by atoms with E-state index < -0.39 is 0 Å². The second-order valence-electron chi connectivity index (χ2n) is 5.20. The van der Waals surface area contributed by atoms with E-state index in [1.807, 2.05) is 35.7 Å². The number of hydrogen-bond donors (Lipinski definition) is 1. The number of anilines is 2. The van der Waals surface area contributed by atoms with E-state index in [1.54, 1.807) is 30.6 Å². The fourth-order valence-electron chi connectivity index (χ4n) is 2.36. The van der Waals surface area contributed by atoms with Gasteiger partial charge in [-0.3, -0.25) is 0 Å². The van der Waals surface area contributed by atoms with Gasteiger partial charge in [-0.05, 0) is 24.3 Å². The van der Waals surface area contributed by atoms with E-state index in [4.69, 9.17) is 10.00 Å². The Morgan fingerprint density at radius 1 is 1.08 bits per heavy atom. The smallest absolute Gasteiger partial charge is 0.190 e. The number of thiazole rings is 2. The van der Waals surface area contributed by atoms with Crippen molar-refractivity contribution < 1.29 is 4.74 Å². The molecule has 0 amide bonds. The molecule has 0 aliphatic rings. The van der Waals surface area contributed by atoms with E-state index in [0.717, 1.165) is 37.5 Å². The first-order chi connectivity index (χ1) is 12.2. The largest absolute Gasteiger partial charge is 0.497 e. The first-order valence-corrected chi connectivity index (χ1v) is 9.12. The minimum atomic E-state index is 0.641. The topological polar surface area (TPSA) is 70.8 Å². The number of nitrogens with zero attached hydrogens (tertiary/aromatic N) is 3. The molecule has 0 fully saturated rings. The lowest BCUT2D eigenvalue weighted by Gasteiger charge is -1.97. The van der Waals surface area contributed by atoms with Gasteiger partial charge in [-0.25, -0.2) is 9.97 Å². The van der Waals surface area contributed by atoms with Crippen molar-refractivity contribution in [1.29, 1.82) is 5.26 Å². The SMILES string of the molecule is COc1ccc2sc(Nc3nc(-c4ccc(C#N)cc4)cs3)nc2c1. The molecular weight excluding hydrogens is 352 g/mol. The third kappa shape index (κ3) is 3.18. The van der Waals surface area contributed by atoms with Gasteiger partial charge in [0.15, 0.2) is 10.3 Å². The number of nitrogens with one attached hydrogen (secondary N) is 1. The number of ether oxygens (including phenoxy) is 1. The maximum atomic E-state index is 8.87. The van der Waals surface area contributed by atoms with Crippen molar-refractivity contribution >= 4 is 43.2 Å². The van der Waals surface area contributed by atoms with Crippen molar-refractivity contribution in [2.45, 2.75) is 0 Å². The summed E-state index contributed by atoms with van der Waals surface area (Å²) in [5, 5.41) is 15.7. The van der Waals surface area contributed by atoms with Crippen LogP contribution in [-0.4, -0.2) is 17.1 Å². The first-order valence-electron chi connectivity index (χ1n) is 7.43. The fourth-order valence-corrected chi connectivity index (χ4v) is 3.99. The number of rotatable bonds is 4. The van der Waals surface area contributed by atoms with Gasteiger partial charge in [0.25, 0.3) is 0 Å². The highest BCUT2D eigenvalue weighted by Crippen LogP contribution is 2.32. The van der Waals surface area contributed by atoms with E-state index in [1.165, 1.54) is 11.3 Å². The minimum absolute atomic E-state index is 0.641. The molecule has 4 rings (SSSR count). The molecule has 2 heterocycles. The predicted molar refractivity (Wildman–Crippen MR) is 102 cm³/mol. The Kier molecular flexibility index (Phi) is 4.06. The monoisotopic (exact) mass is 364 g/mol. The average Bonchev–Trinajstić information content (AvgIpc) is 3.27. The Morgan fingerprint density at radius 3 is 2.68 bits per heavy atom. The van der Waals surface area contributed by atoms with Crippen molar-refractivity contribution in [2.24, 2.45) is 0 Å². The second kappa shape index (κ2) is 6.51. The van der Waals surface area contributed by atoms with Crippen LogP contribution in [0, 0.1) is 11.3 Å². The van der Waals surface area contributed by atoms with Crippen molar-refractivity contribution in [2.75, 3.05) is 12.4 Å². The summed E-state index contributed by atoms with van der Waals surface area (Å²) >= 11 is 3.10. The van der Waals surface area contributed by atoms with Crippen LogP contribution in [0.4, 0.5) is 10.3 Å². The molecule has 0 aliphatic carbocycles. The van der Waals surface area contributed by atoms with Crippen LogP contribution >= 0.6 is 22.7 Å². The average molecular weight is 364 g/mol. The molecular formula is C18H12N4OS2. The van der Waals surface area contributed by atoms with Crippen LogP contribution in [-0.2, 0) is 0 Å². The molecule has 25 heavy (non-hydrogen) atoms. The first kappa shape index (κ1) is 15.6. The van der Waals surface area contributed by atoms with Gasteiger partial charge in [0.05, 0.1) is 34.7 Å². The summed E-state index contributed by atoms with van der Waals surface area (Å²) in [6.45, 7) is 0. The Balaban J connectivity index is 1.57. The highest BCUT2D eigenvalue weighted by Gasteiger charge is 2.09. The Hall–Kier alpha value is -2.95. The predicted octanol–water partition coefficient (Wildman–Crippen LogP) is 5.04. The second-order valence-corrected chi connectivity index (χ2v) is 7.09. The summed E-state index contributed by atoms with van der Waals surface area (Å²) < 4.78 is 6.32. The molecule has 2 aromatic heterocycles. The summed E-state index contributed by atoms with van der Waals surface area (Å²) in [4.78, 5) is 9.18. The van der Waals surface area contributed by atoms with E-state index >= 15 is 0 Å². The molecule has 0 spiro atoms. The molecule has 122 valence electrons. The molecule has 2 aromatic carbocycles. The lowest BCUT2D eigenvalue weighted by atomic mass is 10.1. The lowest BCUT2D eigenvalue weighted by molar-refractivity contribution is 0.415. The van der Waals surface area contributed by atoms with Crippen LogP contribution < -0.4 is 10.1 Å². The number of fused-ring (bicyclic) bond motifs is 1. The molecule has 5 nitrogen and oxygen atoms in total. The van der Waals surface area contributed by atoms with E-state index in [-0.39, 0.29) is 0 Å². The number of nitriles is 1. The molecule has 1 N–H and O–H groups in total. The molecule has 0 saturated carbocycles. The number of benzene rings is 2. The zero-order valence-electron chi connectivity index (χ0n) is 13.2. The Bertz CT molecular complexity index is 1080. The van der Waals surface area contributed by atoms with Gasteiger partial charge < -0.3 is 10.1 Å². The van der Waals surface area contributed by atoms with Crippen molar-refractivity contribution in [1.82, 2.24) is 9.97 Å². The van der Waals surface area contributed by atoms with Crippen LogP contribution in [0.15, 0.2) is 47.8 Å². The summed E-state index contributed by atoms with van der Waals surface area (Å²) in [6, 6.07) is 15.4. The molecule has 0 aliphatic heterocycles. The Morgan fingerprint density at radius 2 is 1.92 bits per heavy atom. The third-order valence-electron chi connectivity index (χ3n) is 3.62. The van der Waals surface area contributed by atoms with Gasteiger partial charge >= 0.3 is 0 Å². The van der Waals surface area contributed by atoms with Gasteiger partial charge in [-0.15, -0.1) is 11.3 Å². The van der Waals surface area contributed by atoms with Gasteiger partial charge in [-0.1, -0.05) is 23.5 Å². The summed E-state index contributed by atoms with van der Waals surface area (Å²) in [7, 11) is 1.65. The van der Waals surface area contributed by atoms with E-state index in [0.29, 0.717) is 5.56 Å². The van der Waals surface area contributed by atoms with E-state index in [9.17, 15) is 0 Å². The highest BCUT2D eigenvalue weighted by atomic mass is 32.1. The van der Waals surface area contributed by atoms with Crippen molar-refractivity contribution in [3.8, 4) is 23.1 Å². The third-order valence-corrected chi connectivity index (χ3v) is 5.33. The maximum Gasteiger partial charge on any atom is 0.190 e. The molecule has 0 bridgehead atoms. The molecule has 4 aromatic rings. The molecule has 0 saturated heterocycles. The lowest BCUT2D eigenvalue weighted by Crippen LogP contribution is -1.88. The zero-order chi connectivity index (χ0) is 17.2. The minimum Gasteiger partial charge on any atom is -0.497 e. The summed E-state index contributed by atoms with van der Waals surface area (Å²) in [5.74, 6) is 0.793. The van der Waals surface area contributed by atoms with Crippen molar-refractivity contribution in [3.63, 3.8) is 0 Å². The number of aromatic nitrogens is 2. The molecule has 0 atom stereocenters. The van der Waals surface area contributed by atoms with Crippen LogP contribution in [0.2, 0.25) is 0 Å². The van der Waals surface area contributed by atoms with E-state index in [2.05, 4.69) is 21.4 Å². The van der Waals surface area contributed by atoms with Gasteiger partial charge in [0.2, 0.25) is 0 Å². The highest BCUT2D eigenvalue weighted by molar-refractivity contribution is 7.22. The Labute approximate surface area is 152 Å². The summed E-state index contributed by atoms with van der Waals surface area (Å²) in [5.41, 5.74) is 3.40. The molecule has 0 radical (unpaired) electrons. The fraction of sp³-hybridized carbons (Fsp3) is 0.0556. The van der Waals surface area contributed by atoms with Gasteiger partial charge in [0.1, 0.15) is 5.75 Å². The molecule has 0 unspecified atom stereocenters. The van der Waals surface area contributed by atoms with Gasteiger partial charge in [0, 0.05) is 17.0 Å². The van der Waals surface area contributed by atoms with Crippen LogP contribution in [0.5, 0.6) is 5.75 Å². The standard InChI is InChI=1S/C18H12N4OS2/c1-23-13-6-7-16-14(8-13)20-18(25-16)22-17-21-15(10-24-17)12-4-2-11(9-19)3-5-12/h2-8,10H,1H3,(H,20,21,22). The quantitative estimate of drug-likeness (QED) is 0.549. The maximum absolute atomic E-state index is 8.87. The number of hydrogen-bond acceptors (Lipinski definition) is 7.